The summed E-state index contributed by atoms with van der Waals surface area (Å²) in [6, 6.07) is 6.23. The first-order valence-electron chi connectivity index (χ1n) is 5.46. The molecule has 1 fully saturated rings. The minimum Gasteiger partial charge on any atom is -0.399 e. The lowest BCUT2D eigenvalue weighted by molar-refractivity contribution is 0.266. The third-order valence-electron chi connectivity index (χ3n) is 3.13. The van der Waals surface area contributed by atoms with Gasteiger partial charge in [-0.3, -0.25) is 0 Å². The number of nitrogens with two attached hydrogens (primary N) is 1. The average molecular weight is 206 g/mol. The lowest BCUT2D eigenvalue weighted by atomic mass is 10.1. The van der Waals surface area contributed by atoms with E-state index < -0.39 is 0 Å². The molecule has 3 heteroatoms. The van der Waals surface area contributed by atoms with Gasteiger partial charge in [-0.1, -0.05) is 6.07 Å². The van der Waals surface area contributed by atoms with Crippen molar-refractivity contribution < 1.29 is 5.11 Å². The zero-order chi connectivity index (χ0) is 10.8. The van der Waals surface area contributed by atoms with Crippen molar-refractivity contribution in [2.45, 2.75) is 25.8 Å². The van der Waals surface area contributed by atoms with Gasteiger partial charge < -0.3 is 15.7 Å². The lowest BCUT2D eigenvalue weighted by Crippen LogP contribution is -2.32. The van der Waals surface area contributed by atoms with Crippen molar-refractivity contribution >= 4 is 11.4 Å². The maximum atomic E-state index is 9.29. The van der Waals surface area contributed by atoms with Crippen LogP contribution in [-0.2, 0) is 0 Å². The van der Waals surface area contributed by atoms with Crippen LogP contribution in [0.15, 0.2) is 18.2 Å². The zero-order valence-corrected chi connectivity index (χ0v) is 9.11. The summed E-state index contributed by atoms with van der Waals surface area (Å²) in [6.45, 7) is 3.34. The van der Waals surface area contributed by atoms with Crippen LogP contribution in [0.5, 0.6) is 0 Å². The van der Waals surface area contributed by atoms with Crippen molar-refractivity contribution in [2.75, 3.05) is 23.8 Å². The molecule has 3 N–H and O–H groups in total. The quantitative estimate of drug-likeness (QED) is 0.722. The molecular weight excluding hydrogens is 188 g/mol. The fourth-order valence-electron chi connectivity index (χ4n) is 2.28. The molecule has 1 aromatic rings. The van der Waals surface area contributed by atoms with Gasteiger partial charge in [0.1, 0.15) is 0 Å². The maximum Gasteiger partial charge on any atom is 0.0635 e. The molecule has 1 aliphatic heterocycles. The summed E-state index contributed by atoms with van der Waals surface area (Å²) in [5.74, 6) is 0. The first kappa shape index (κ1) is 10.3. The van der Waals surface area contributed by atoms with E-state index in [-0.39, 0.29) is 12.6 Å². The van der Waals surface area contributed by atoms with Gasteiger partial charge in [-0.2, -0.15) is 0 Å². The van der Waals surface area contributed by atoms with Crippen LogP contribution in [0.2, 0.25) is 0 Å². The van der Waals surface area contributed by atoms with E-state index in [1.165, 1.54) is 11.3 Å². The van der Waals surface area contributed by atoms with E-state index in [1.54, 1.807) is 0 Å². The van der Waals surface area contributed by atoms with E-state index in [2.05, 4.69) is 11.8 Å². The average Bonchev–Trinajstić information content (AvgIpc) is 2.69. The van der Waals surface area contributed by atoms with E-state index >= 15 is 0 Å². The van der Waals surface area contributed by atoms with Crippen molar-refractivity contribution in [3.63, 3.8) is 0 Å². The van der Waals surface area contributed by atoms with Crippen LogP contribution in [0.1, 0.15) is 18.4 Å². The van der Waals surface area contributed by atoms with Crippen molar-refractivity contribution in [3.05, 3.63) is 23.8 Å². The van der Waals surface area contributed by atoms with E-state index in [0.717, 1.165) is 25.1 Å². The SMILES string of the molecule is Cc1ccc(N)cc1N1CCCC1CO. The van der Waals surface area contributed by atoms with Crippen molar-refractivity contribution in [1.29, 1.82) is 0 Å². The summed E-state index contributed by atoms with van der Waals surface area (Å²) in [7, 11) is 0. The predicted molar refractivity (Wildman–Crippen MR) is 63.0 cm³/mol. The number of nitrogen functional groups attached to an aromatic ring is 1. The number of aliphatic hydroxyl groups excluding tert-OH is 1. The summed E-state index contributed by atoms with van der Waals surface area (Å²) in [5.41, 5.74) is 8.98. The number of nitrogens with zero attached hydrogens (tertiary/aromatic N) is 1. The Bertz CT molecular complexity index is 351. The Morgan fingerprint density at radius 2 is 2.33 bits per heavy atom. The molecule has 2 rings (SSSR count). The summed E-state index contributed by atoms with van der Waals surface area (Å²) < 4.78 is 0. The zero-order valence-electron chi connectivity index (χ0n) is 9.11. The number of aliphatic hydroxyl groups is 1. The van der Waals surface area contributed by atoms with Crippen LogP contribution in [0.3, 0.4) is 0 Å². The summed E-state index contributed by atoms with van der Waals surface area (Å²) in [6.07, 6.45) is 2.23. The highest BCUT2D eigenvalue weighted by Crippen LogP contribution is 2.29. The number of hydrogen-bond donors (Lipinski definition) is 2. The number of rotatable bonds is 2. The smallest absolute Gasteiger partial charge is 0.0635 e. The highest BCUT2D eigenvalue weighted by atomic mass is 16.3. The van der Waals surface area contributed by atoms with Crippen molar-refractivity contribution in [2.24, 2.45) is 0 Å². The minimum absolute atomic E-state index is 0.230. The summed E-state index contributed by atoms with van der Waals surface area (Å²) in [5, 5.41) is 9.29. The van der Waals surface area contributed by atoms with Gasteiger partial charge in [0, 0.05) is 17.9 Å². The molecule has 0 saturated carbocycles. The predicted octanol–water partition coefficient (Wildman–Crippen LogP) is 1.54. The van der Waals surface area contributed by atoms with Crippen LogP contribution in [0, 0.1) is 6.92 Å². The molecule has 0 bridgehead atoms. The Hall–Kier alpha value is -1.22. The molecule has 82 valence electrons. The molecule has 1 aliphatic rings. The van der Waals surface area contributed by atoms with Gasteiger partial charge in [0.25, 0.3) is 0 Å². The number of benzene rings is 1. The number of anilines is 2. The fourth-order valence-corrected chi connectivity index (χ4v) is 2.28. The van der Waals surface area contributed by atoms with E-state index in [9.17, 15) is 5.11 Å². The Labute approximate surface area is 90.5 Å². The van der Waals surface area contributed by atoms with Crippen LogP contribution in [0.25, 0.3) is 0 Å². The molecule has 0 radical (unpaired) electrons. The standard InChI is InChI=1S/C12H18N2O/c1-9-4-5-10(13)7-12(9)14-6-2-3-11(14)8-15/h4-5,7,11,15H,2-3,6,8,13H2,1H3. The number of hydrogen-bond acceptors (Lipinski definition) is 3. The Morgan fingerprint density at radius 1 is 1.53 bits per heavy atom. The second-order valence-electron chi connectivity index (χ2n) is 4.22. The highest BCUT2D eigenvalue weighted by molar-refractivity contribution is 5.61. The van der Waals surface area contributed by atoms with E-state index in [0.29, 0.717) is 0 Å². The molecule has 0 aromatic heterocycles. The summed E-state index contributed by atoms with van der Waals surface area (Å²) >= 11 is 0. The van der Waals surface area contributed by atoms with E-state index in [4.69, 9.17) is 5.73 Å². The second kappa shape index (κ2) is 4.11. The molecule has 0 spiro atoms. The molecule has 15 heavy (non-hydrogen) atoms. The largest absolute Gasteiger partial charge is 0.399 e. The highest BCUT2D eigenvalue weighted by Gasteiger charge is 2.24. The van der Waals surface area contributed by atoms with Crippen LogP contribution in [-0.4, -0.2) is 24.3 Å². The Kier molecular flexibility index (Phi) is 2.82. The normalized spacial score (nSPS) is 20.9. The number of aryl methyl sites for hydroxylation is 1. The van der Waals surface area contributed by atoms with Crippen molar-refractivity contribution in [3.8, 4) is 0 Å². The van der Waals surface area contributed by atoms with Crippen LogP contribution >= 0.6 is 0 Å². The van der Waals surface area contributed by atoms with Gasteiger partial charge in [-0.05, 0) is 37.5 Å². The molecule has 0 amide bonds. The monoisotopic (exact) mass is 206 g/mol. The topological polar surface area (TPSA) is 49.5 Å². The van der Waals surface area contributed by atoms with Gasteiger partial charge in [-0.15, -0.1) is 0 Å². The Balaban J connectivity index is 2.31. The van der Waals surface area contributed by atoms with E-state index in [1.807, 2.05) is 18.2 Å². The van der Waals surface area contributed by atoms with Gasteiger partial charge in [0.15, 0.2) is 0 Å². The molecule has 1 heterocycles. The van der Waals surface area contributed by atoms with Gasteiger partial charge in [-0.25, -0.2) is 0 Å². The molecular formula is C12H18N2O. The summed E-state index contributed by atoms with van der Waals surface area (Å²) in [4.78, 5) is 2.27. The van der Waals surface area contributed by atoms with Crippen LogP contribution < -0.4 is 10.6 Å². The van der Waals surface area contributed by atoms with Crippen LogP contribution in [0.4, 0.5) is 11.4 Å². The molecule has 1 unspecified atom stereocenters. The third kappa shape index (κ3) is 1.92. The molecule has 3 nitrogen and oxygen atoms in total. The Morgan fingerprint density at radius 3 is 3.07 bits per heavy atom. The van der Waals surface area contributed by atoms with Gasteiger partial charge >= 0.3 is 0 Å². The molecule has 1 saturated heterocycles. The lowest BCUT2D eigenvalue weighted by Gasteiger charge is -2.27. The van der Waals surface area contributed by atoms with Gasteiger partial charge in [0.05, 0.1) is 12.6 Å². The fraction of sp³-hybridized carbons (Fsp3) is 0.500. The first-order valence-corrected chi connectivity index (χ1v) is 5.46. The van der Waals surface area contributed by atoms with Gasteiger partial charge in [0.2, 0.25) is 0 Å². The molecule has 1 aromatic carbocycles. The second-order valence-corrected chi connectivity index (χ2v) is 4.22. The molecule has 0 aliphatic carbocycles. The molecule has 1 atom stereocenters. The van der Waals surface area contributed by atoms with Crippen molar-refractivity contribution in [1.82, 2.24) is 0 Å². The third-order valence-corrected chi connectivity index (χ3v) is 3.13. The maximum absolute atomic E-state index is 9.29. The first-order chi connectivity index (χ1) is 7.22. The minimum atomic E-state index is 0.230.